The number of nitrogens with zero attached hydrogens (tertiary/aromatic N) is 1. The van der Waals surface area contributed by atoms with Crippen molar-refractivity contribution >= 4 is 17.3 Å². The number of ether oxygens (including phenoxy) is 1. The smallest absolute Gasteiger partial charge is 0.378 e. The van der Waals surface area contributed by atoms with Crippen molar-refractivity contribution in [3.05, 3.63) is 23.3 Å². The molecule has 0 aromatic heterocycles. The van der Waals surface area contributed by atoms with Gasteiger partial charge in [0, 0.05) is 25.2 Å². The lowest BCUT2D eigenvalue weighted by molar-refractivity contribution is -0.137. The number of alkyl halides is 3. The third kappa shape index (κ3) is 4.50. The molecular weight excluding hydrogens is 345 g/mol. The van der Waals surface area contributed by atoms with Crippen LogP contribution in [0.5, 0.6) is 0 Å². The Labute approximate surface area is 151 Å². The highest BCUT2D eigenvalue weighted by molar-refractivity contribution is 5.93. The van der Waals surface area contributed by atoms with Crippen molar-refractivity contribution in [2.45, 2.75) is 45.2 Å². The molecule has 1 amide bonds. The first-order valence-electron chi connectivity index (χ1n) is 9.19. The molecule has 1 aliphatic heterocycles. The second kappa shape index (κ2) is 7.86. The van der Waals surface area contributed by atoms with E-state index >= 15 is 0 Å². The number of hydrogen-bond acceptors (Lipinski definition) is 3. The van der Waals surface area contributed by atoms with Crippen LogP contribution in [-0.2, 0) is 15.7 Å². The van der Waals surface area contributed by atoms with Crippen molar-refractivity contribution in [2.75, 3.05) is 36.5 Å². The SMILES string of the molecule is Cc1cc(N2CCOCC2)cc(C(F)(F)F)c1NC(=O)CC1CCCC1. The number of benzene rings is 1. The van der Waals surface area contributed by atoms with E-state index < -0.39 is 11.7 Å². The van der Waals surface area contributed by atoms with Crippen molar-refractivity contribution in [1.29, 1.82) is 0 Å². The summed E-state index contributed by atoms with van der Waals surface area (Å²) in [5.74, 6) is -0.0399. The number of carbonyl (C=O) groups excluding carboxylic acids is 1. The Hall–Kier alpha value is -1.76. The molecule has 4 nitrogen and oxygen atoms in total. The van der Waals surface area contributed by atoms with Gasteiger partial charge in [-0.1, -0.05) is 12.8 Å². The van der Waals surface area contributed by atoms with Gasteiger partial charge < -0.3 is 15.0 Å². The Kier molecular flexibility index (Phi) is 5.75. The maximum Gasteiger partial charge on any atom is 0.418 e. The first-order chi connectivity index (χ1) is 12.3. The van der Waals surface area contributed by atoms with Crippen LogP contribution in [0.2, 0.25) is 0 Å². The molecule has 1 aromatic carbocycles. The van der Waals surface area contributed by atoms with Gasteiger partial charge in [-0.15, -0.1) is 0 Å². The molecule has 2 aliphatic rings. The van der Waals surface area contributed by atoms with Crippen LogP contribution in [-0.4, -0.2) is 32.2 Å². The second-order valence-corrected chi connectivity index (χ2v) is 7.19. The summed E-state index contributed by atoms with van der Waals surface area (Å²) in [6.45, 7) is 3.74. The molecule has 144 valence electrons. The number of morpholine rings is 1. The molecule has 0 bridgehead atoms. The molecule has 0 unspecified atom stereocenters. The van der Waals surface area contributed by atoms with E-state index in [9.17, 15) is 18.0 Å². The van der Waals surface area contributed by atoms with Crippen LogP contribution >= 0.6 is 0 Å². The molecule has 0 atom stereocenters. The second-order valence-electron chi connectivity index (χ2n) is 7.19. The number of rotatable bonds is 4. The zero-order chi connectivity index (χ0) is 18.7. The quantitative estimate of drug-likeness (QED) is 0.856. The highest BCUT2D eigenvalue weighted by Gasteiger charge is 2.36. The van der Waals surface area contributed by atoms with E-state index in [-0.39, 0.29) is 17.5 Å². The third-order valence-corrected chi connectivity index (χ3v) is 5.22. The molecule has 1 aromatic rings. The van der Waals surface area contributed by atoms with Crippen molar-refractivity contribution in [3.63, 3.8) is 0 Å². The molecule has 0 spiro atoms. The molecule has 26 heavy (non-hydrogen) atoms. The molecule has 1 heterocycles. The average molecular weight is 370 g/mol. The molecule has 1 aliphatic carbocycles. The summed E-state index contributed by atoms with van der Waals surface area (Å²) in [4.78, 5) is 14.2. The first-order valence-corrected chi connectivity index (χ1v) is 9.19. The molecule has 1 saturated carbocycles. The summed E-state index contributed by atoms with van der Waals surface area (Å²) in [6, 6.07) is 2.86. The topological polar surface area (TPSA) is 41.6 Å². The third-order valence-electron chi connectivity index (χ3n) is 5.22. The minimum atomic E-state index is -4.52. The van der Waals surface area contributed by atoms with Gasteiger partial charge in [0.25, 0.3) is 0 Å². The summed E-state index contributed by atoms with van der Waals surface area (Å²) < 4.78 is 46.2. The monoisotopic (exact) mass is 370 g/mol. The van der Waals surface area contributed by atoms with E-state index in [0.717, 1.165) is 31.7 Å². The predicted octanol–water partition coefficient (Wildman–Crippen LogP) is 4.37. The molecular formula is C19H25F3N2O2. The van der Waals surface area contributed by atoms with Gasteiger partial charge in [0.2, 0.25) is 5.91 Å². The zero-order valence-corrected chi connectivity index (χ0v) is 15.0. The van der Waals surface area contributed by atoms with Gasteiger partial charge in [-0.2, -0.15) is 13.2 Å². The van der Waals surface area contributed by atoms with Gasteiger partial charge in [0.15, 0.2) is 0 Å². The van der Waals surface area contributed by atoms with Crippen LogP contribution in [0.1, 0.15) is 43.2 Å². The molecule has 0 radical (unpaired) electrons. The zero-order valence-electron chi connectivity index (χ0n) is 15.0. The van der Waals surface area contributed by atoms with Gasteiger partial charge in [0.05, 0.1) is 24.5 Å². The lowest BCUT2D eigenvalue weighted by Gasteiger charge is -2.30. The fraction of sp³-hybridized carbons (Fsp3) is 0.632. The number of amides is 1. The van der Waals surface area contributed by atoms with Crippen molar-refractivity contribution in [2.24, 2.45) is 5.92 Å². The Morgan fingerprint density at radius 3 is 2.50 bits per heavy atom. The van der Waals surface area contributed by atoms with Gasteiger partial charge in [0.1, 0.15) is 0 Å². The van der Waals surface area contributed by atoms with Gasteiger partial charge in [-0.25, -0.2) is 0 Å². The first kappa shape index (κ1) is 19.0. The van der Waals surface area contributed by atoms with Crippen LogP contribution < -0.4 is 10.2 Å². The van der Waals surface area contributed by atoms with E-state index in [1.165, 1.54) is 0 Å². The summed E-state index contributed by atoms with van der Waals surface area (Å²) >= 11 is 0. The Bertz CT molecular complexity index is 649. The number of hydrogen-bond donors (Lipinski definition) is 1. The standard InChI is InChI=1S/C19H25F3N2O2/c1-13-10-15(24-6-8-26-9-7-24)12-16(19(20,21)22)18(13)23-17(25)11-14-4-2-3-5-14/h10,12,14H,2-9,11H2,1H3,(H,23,25). The maximum atomic E-state index is 13.6. The van der Waals surface area contributed by atoms with E-state index in [4.69, 9.17) is 4.74 Å². The maximum absolute atomic E-state index is 13.6. The van der Waals surface area contributed by atoms with Crippen LogP contribution in [0.4, 0.5) is 24.5 Å². The van der Waals surface area contributed by atoms with Gasteiger partial charge >= 0.3 is 6.18 Å². The largest absolute Gasteiger partial charge is 0.418 e. The lowest BCUT2D eigenvalue weighted by Crippen LogP contribution is -2.36. The highest BCUT2D eigenvalue weighted by atomic mass is 19.4. The minimum Gasteiger partial charge on any atom is -0.378 e. The highest BCUT2D eigenvalue weighted by Crippen LogP contribution is 2.40. The van der Waals surface area contributed by atoms with Crippen LogP contribution in [0, 0.1) is 12.8 Å². The summed E-state index contributed by atoms with van der Waals surface area (Å²) in [5.41, 5.74) is 0.0595. The van der Waals surface area contributed by atoms with E-state index in [0.29, 0.717) is 44.0 Å². The molecule has 1 N–H and O–H groups in total. The Morgan fingerprint density at radius 1 is 1.23 bits per heavy atom. The molecule has 3 rings (SSSR count). The summed E-state index contributed by atoms with van der Waals surface area (Å²) in [5, 5.41) is 2.54. The van der Waals surface area contributed by atoms with Crippen LogP contribution in [0.25, 0.3) is 0 Å². The lowest BCUT2D eigenvalue weighted by atomic mass is 10.0. The summed E-state index contributed by atoms with van der Waals surface area (Å²) in [6.07, 6.45) is -0.0774. The summed E-state index contributed by atoms with van der Waals surface area (Å²) in [7, 11) is 0. The molecule has 7 heteroatoms. The normalized spacial score (nSPS) is 19.0. The molecule has 2 fully saturated rings. The van der Waals surface area contributed by atoms with Crippen LogP contribution in [0.3, 0.4) is 0 Å². The van der Waals surface area contributed by atoms with Gasteiger partial charge in [-0.3, -0.25) is 4.79 Å². The Morgan fingerprint density at radius 2 is 1.88 bits per heavy atom. The van der Waals surface area contributed by atoms with Crippen LogP contribution in [0.15, 0.2) is 12.1 Å². The Balaban J connectivity index is 1.84. The number of anilines is 2. The number of aryl methyl sites for hydroxylation is 1. The van der Waals surface area contributed by atoms with Crippen molar-refractivity contribution < 1.29 is 22.7 Å². The number of halogens is 3. The van der Waals surface area contributed by atoms with Crippen molar-refractivity contribution in [3.8, 4) is 0 Å². The van der Waals surface area contributed by atoms with Gasteiger partial charge in [-0.05, 0) is 43.4 Å². The van der Waals surface area contributed by atoms with E-state index in [1.807, 2.05) is 4.90 Å². The molecule has 1 saturated heterocycles. The number of carbonyl (C=O) groups is 1. The average Bonchev–Trinajstić information content (AvgIpc) is 3.09. The number of nitrogens with one attached hydrogen (secondary N) is 1. The van der Waals surface area contributed by atoms with Crippen molar-refractivity contribution in [1.82, 2.24) is 0 Å². The van der Waals surface area contributed by atoms with E-state index in [2.05, 4.69) is 5.32 Å². The predicted molar refractivity (Wildman–Crippen MR) is 94.4 cm³/mol. The fourth-order valence-corrected chi connectivity index (χ4v) is 3.83. The minimum absolute atomic E-state index is 0.113. The fourth-order valence-electron chi connectivity index (χ4n) is 3.83. The van der Waals surface area contributed by atoms with E-state index in [1.54, 1.807) is 13.0 Å².